The highest BCUT2D eigenvalue weighted by Crippen LogP contribution is 2.34. The van der Waals surface area contributed by atoms with Crippen LogP contribution in [-0.4, -0.2) is 0 Å². The normalized spacial score (nSPS) is 22.1. The molecule has 1 nitrogen and oxygen atoms in total. The minimum atomic E-state index is -0.832. The van der Waals surface area contributed by atoms with E-state index in [-0.39, 0.29) is 0 Å². The first-order valence-corrected chi connectivity index (χ1v) is 6.40. The summed E-state index contributed by atoms with van der Waals surface area (Å²) in [5.74, 6) is -1.66. The Bertz CT molecular complexity index is 624. The van der Waals surface area contributed by atoms with Crippen LogP contribution >= 0.6 is 0 Å². The van der Waals surface area contributed by atoms with Gasteiger partial charge >= 0.3 is 0 Å². The van der Waals surface area contributed by atoms with Crippen LogP contribution in [0.25, 0.3) is 0 Å². The molecule has 0 bridgehead atoms. The molecule has 0 saturated carbocycles. The average molecular weight is 259 g/mol. The third-order valence-electron chi connectivity index (χ3n) is 3.96. The largest absolute Gasteiger partial charge is 0.321 e. The molecule has 19 heavy (non-hydrogen) atoms. The van der Waals surface area contributed by atoms with E-state index in [2.05, 4.69) is 12.1 Å². The lowest BCUT2D eigenvalue weighted by Crippen LogP contribution is -2.42. The SMILES string of the molecule is NC1(c2ccc(F)c(F)c2)CCc2ccccc2C1. The fourth-order valence-corrected chi connectivity index (χ4v) is 2.81. The van der Waals surface area contributed by atoms with Gasteiger partial charge < -0.3 is 5.73 Å². The van der Waals surface area contributed by atoms with Gasteiger partial charge in [0.2, 0.25) is 0 Å². The van der Waals surface area contributed by atoms with Gasteiger partial charge in [-0.25, -0.2) is 8.78 Å². The first-order valence-electron chi connectivity index (χ1n) is 6.40. The van der Waals surface area contributed by atoms with Crippen molar-refractivity contribution in [3.05, 3.63) is 70.8 Å². The molecule has 3 heteroatoms. The number of halogens is 2. The van der Waals surface area contributed by atoms with Gasteiger partial charge in [-0.1, -0.05) is 30.3 Å². The summed E-state index contributed by atoms with van der Waals surface area (Å²) < 4.78 is 26.4. The van der Waals surface area contributed by atoms with Crippen molar-refractivity contribution in [3.63, 3.8) is 0 Å². The molecular weight excluding hydrogens is 244 g/mol. The quantitative estimate of drug-likeness (QED) is 0.835. The zero-order valence-corrected chi connectivity index (χ0v) is 10.5. The number of benzene rings is 2. The fourth-order valence-electron chi connectivity index (χ4n) is 2.81. The van der Waals surface area contributed by atoms with E-state index in [1.807, 2.05) is 12.1 Å². The first kappa shape index (κ1) is 12.3. The predicted octanol–water partition coefficient (Wildman–Crippen LogP) is 3.31. The molecular formula is C16H15F2N. The lowest BCUT2D eigenvalue weighted by Gasteiger charge is -2.35. The van der Waals surface area contributed by atoms with Crippen LogP contribution in [0.5, 0.6) is 0 Å². The smallest absolute Gasteiger partial charge is 0.159 e. The molecule has 1 atom stereocenters. The Labute approximate surface area is 111 Å². The first-order chi connectivity index (χ1) is 9.08. The Balaban J connectivity index is 1.99. The molecule has 2 aromatic rings. The van der Waals surface area contributed by atoms with Crippen LogP contribution in [0.1, 0.15) is 23.1 Å². The molecule has 0 fully saturated rings. The highest BCUT2D eigenvalue weighted by Gasteiger charge is 2.32. The molecule has 0 heterocycles. The number of hydrogen-bond acceptors (Lipinski definition) is 1. The Kier molecular flexibility index (Phi) is 2.86. The van der Waals surface area contributed by atoms with Gasteiger partial charge in [0, 0.05) is 5.54 Å². The third kappa shape index (κ3) is 2.15. The number of rotatable bonds is 1. The topological polar surface area (TPSA) is 26.0 Å². The molecule has 1 aliphatic carbocycles. The third-order valence-corrected chi connectivity index (χ3v) is 3.96. The van der Waals surface area contributed by atoms with Crippen molar-refractivity contribution in [3.8, 4) is 0 Å². The van der Waals surface area contributed by atoms with Crippen molar-refractivity contribution in [2.75, 3.05) is 0 Å². The van der Waals surface area contributed by atoms with Crippen LogP contribution < -0.4 is 5.73 Å². The summed E-state index contributed by atoms with van der Waals surface area (Å²) in [5, 5.41) is 0. The molecule has 0 aliphatic heterocycles. The lowest BCUT2D eigenvalue weighted by atomic mass is 9.74. The van der Waals surface area contributed by atoms with Crippen molar-refractivity contribution in [2.24, 2.45) is 5.73 Å². The van der Waals surface area contributed by atoms with Crippen molar-refractivity contribution in [1.29, 1.82) is 0 Å². The van der Waals surface area contributed by atoms with Gasteiger partial charge in [-0.3, -0.25) is 0 Å². The van der Waals surface area contributed by atoms with Crippen LogP contribution in [0.2, 0.25) is 0 Å². The summed E-state index contributed by atoms with van der Waals surface area (Å²) in [5.41, 5.74) is 8.98. The van der Waals surface area contributed by atoms with E-state index in [4.69, 9.17) is 5.73 Å². The van der Waals surface area contributed by atoms with E-state index in [0.717, 1.165) is 18.9 Å². The van der Waals surface area contributed by atoms with E-state index >= 15 is 0 Å². The van der Waals surface area contributed by atoms with Gasteiger partial charge in [-0.2, -0.15) is 0 Å². The van der Waals surface area contributed by atoms with Crippen LogP contribution in [-0.2, 0) is 18.4 Å². The van der Waals surface area contributed by atoms with Crippen molar-refractivity contribution < 1.29 is 8.78 Å². The van der Waals surface area contributed by atoms with Gasteiger partial charge in [-0.15, -0.1) is 0 Å². The van der Waals surface area contributed by atoms with Crippen molar-refractivity contribution >= 4 is 0 Å². The van der Waals surface area contributed by atoms with Crippen molar-refractivity contribution in [1.82, 2.24) is 0 Å². The molecule has 2 N–H and O–H groups in total. The Morgan fingerprint density at radius 2 is 1.68 bits per heavy atom. The average Bonchev–Trinajstić information content (AvgIpc) is 2.41. The summed E-state index contributed by atoms with van der Waals surface area (Å²) in [4.78, 5) is 0. The van der Waals surface area contributed by atoms with Crippen LogP contribution in [0.15, 0.2) is 42.5 Å². The van der Waals surface area contributed by atoms with Crippen molar-refractivity contribution in [2.45, 2.75) is 24.8 Å². The number of fused-ring (bicyclic) bond motifs is 1. The standard InChI is InChI=1S/C16H15F2N/c17-14-6-5-13(9-15(14)18)16(19)8-7-11-3-1-2-4-12(11)10-16/h1-6,9H,7-8,10,19H2. The Hall–Kier alpha value is -1.74. The lowest BCUT2D eigenvalue weighted by molar-refractivity contribution is 0.381. The predicted molar refractivity (Wildman–Crippen MR) is 70.7 cm³/mol. The second-order valence-electron chi connectivity index (χ2n) is 5.23. The van der Waals surface area contributed by atoms with E-state index in [1.54, 1.807) is 6.07 Å². The summed E-state index contributed by atoms with van der Waals surface area (Å²) in [7, 11) is 0. The molecule has 2 aromatic carbocycles. The number of hydrogen-bond donors (Lipinski definition) is 1. The van der Waals surface area contributed by atoms with Crippen LogP contribution in [0.4, 0.5) is 8.78 Å². The van der Waals surface area contributed by atoms with E-state index in [0.29, 0.717) is 12.0 Å². The Morgan fingerprint density at radius 3 is 2.42 bits per heavy atom. The van der Waals surface area contributed by atoms with Gasteiger partial charge in [0.1, 0.15) is 0 Å². The van der Waals surface area contributed by atoms with Gasteiger partial charge in [0.05, 0.1) is 0 Å². The fraction of sp³-hybridized carbons (Fsp3) is 0.250. The zero-order chi connectivity index (χ0) is 13.5. The maximum absolute atomic E-state index is 13.4. The van der Waals surface area contributed by atoms with E-state index < -0.39 is 17.2 Å². The Morgan fingerprint density at radius 1 is 0.947 bits per heavy atom. The molecule has 3 rings (SSSR count). The zero-order valence-electron chi connectivity index (χ0n) is 10.5. The van der Waals surface area contributed by atoms with Gasteiger partial charge in [-0.05, 0) is 48.1 Å². The molecule has 0 amide bonds. The highest BCUT2D eigenvalue weighted by molar-refractivity contribution is 5.36. The number of nitrogens with two attached hydrogens (primary N) is 1. The summed E-state index contributed by atoms with van der Waals surface area (Å²) in [6, 6.07) is 12.1. The maximum Gasteiger partial charge on any atom is 0.159 e. The molecule has 0 saturated heterocycles. The maximum atomic E-state index is 13.4. The summed E-state index contributed by atoms with van der Waals surface area (Å²) in [6.45, 7) is 0. The van der Waals surface area contributed by atoms with Gasteiger partial charge in [0.25, 0.3) is 0 Å². The van der Waals surface area contributed by atoms with E-state index in [1.165, 1.54) is 17.2 Å². The second-order valence-corrected chi connectivity index (χ2v) is 5.23. The summed E-state index contributed by atoms with van der Waals surface area (Å²) >= 11 is 0. The molecule has 1 unspecified atom stereocenters. The van der Waals surface area contributed by atoms with E-state index in [9.17, 15) is 8.78 Å². The van der Waals surface area contributed by atoms with Crippen LogP contribution in [0.3, 0.4) is 0 Å². The highest BCUT2D eigenvalue weighted by atomic mass is 19.2. The molecule has 0 spiro atoms. The second kappa shape index (κ2) is 4.42. The molecule has 0 aromatic heterocycles. The number of aryl methyl sites for hydroxylation is 1. The minimum absolute atomic E-state index is 0.608. The molecule has 1 aliphatic rings. The molecule has 0 radical (unpaired) electrons. The summed E-state index contributed by atoms with van der Waals surface area (Å²) in [6.07, 6.45) is 2.27. The van der Waals surface area contributed by atoms with Crippen LogP contribution in [0, 0.1) is 11.6 Å². The minimum Gasteiger partial charge on any atom is -0.321 e. The van der Waals surface area contributed by atoms with Gasteiger partial charge in [0.15, 0.2) is 11.6 Å². The molecule has 98 valence electrons. The monoisotopic (exact) mass is 259 g/mol.